The van der Waals surface area contributed by atoms with Gasteiger partial charge in [-0.3, -0.25) is 14.6 Å². The largest absolute Gasteiger partial charge is 0.468 e. The van der Waals surface area contributed by atoms with Crippen molar-refractivity contribution in [2.75, 3.05) is 37.6 Å². The molecule has 7 nitrogen and oxygen atoms in total. The van der Waals surface area contributed by atoms with Gasteiger partial charge in [0, 0.05) is 37.4 Å². The lowest BCUT2D eigenvalue weighted by Gasteiger charge is -2.32. The Labute approximate surface area is 171 Å². The molecule has 1 unspecified atom stereocenters. The molecule has 1 aromatic heterocycles. The third-order valence-corrected chi connectivity index (χ3v) is 5.73. The average molecular weight is 396 g/mol. The maximum Gasteiger partial charge on any atom is 0.322 e. The molecule has 3 heterocycles. The van der Waals surface area contributed by atoms with Gasteiger partial charge in [0.1, 0.15) is 5.76 Å². The number of piperidine rings is 1. The molecule has 4 rings (SSSR count). The summed E-state index contributed by atoms with van der Waals surface area (Å²) in [5.41, 5.74) is 2.38. The van der Waals surface area contributed by atoms with E-state index in [0.29, 0.717) is 31.1 Å². The Morgan fingerprint density at radius 3 is 2.97 bits per heavy atom. The highest BCUT2D eigenvalue weighted by molar-refractivity contribution is 5.99. The van der Waals surface area contributed by atoms with Gasteiger partial charge in [-0.2, -0.15) is 0 Å². The number of furan rings is 1. The third-order valence-electron chi connectivity index (χ3n) is 5.73. The first-order valence-corrected chi connectivity index (χ1v) is 10.3. The van der Waals surface area contributed by atoms with Crippen LogP contribution in [0.4, 0.5) is 10.5 Å². The van der Waals surface area contributed by atoms with E-state index in [-0.39, 0.29) is 11.9 Å². The van der Waals surface area contributed by atoms with Crippen LogP contribution in [-0.2, 0) is 6.54 Å². The van der Waals surface area contributed by atoms with E-state index in [4.69, 9.17) is 4.42 Å². The quantitative estimate of drug-likeness (QED) is 0.787. The number of nitrogens with one attached hydrogen (secondary N) is 2. The van der Waals surface area contributed by atoms with Crippen LogP contribution in [0, 0.1) is 12.8 Å². The molecule has 0 spiro atoms. The van der Waals surface area contributed by atoms with Crippen molar-refractivity contribution in [2.24, 2.45) is 5.92 Å². The number of aryl methyl sites for hydroxylation is 1. The van der Waals surface area contributed by atoms with E-state index < -0.39 is 0 Å². The van der Waals surface area contributed by atoms with E-state index in [1.54, 1.807) is 11.2 Å². The van der Waals surface area contributed by atoms with E-state index >= 15 is 0 Å². The van der Waals surface area contributed by atoms with Crippen molar-refractivity contribution < 1.29 is 14.0 Å². The normalized spacial score (nSPS) is 20.0. The van der Waals surface area contributed by atoms with Gasteiger partial charge in [0.2, 0.25) is 0 Å². The zero-order valence-corrected chi connectivity index (χ0v) is 16.8. The lowest BCUT2D eigenvalue weighted by atomic mass is 9.97. The number of hydrogen-bond donors (Lipinski definition) is 2. The van der Waals surface area contributed by atoms with Crippen molar-refractivity contribution in [3.63, 3.8) is 0 Å². The topological polar surface area (TPSA) is 77.8 Å². The van der Waals surface area contributed by atoms with Gasteiger partial charge in [0.05, 0.1) is 12.8 Å². The van der Waals surface area contributed by atoms with E-state index in [1.807, 2.05) is 37.3 Å². The molecule has 0 bridgehead atoms. The Bertz CT molecular complexity index is 865. The lowest BCUT2D eigenvalue weighted by Crippen LogP contribution is -2.40. The number of carbonyl (C=O) groups excluding carboxylic acids is 2. The summed E-state index contributed by atoms with van der Waals surface area (Å²) in [5, 5.41) is 5.90. The molecule has 1 atom stereocenters. The molecule has 7 heteroatoms. The van der Waals surface area contributed by atoms with Crippen LogP contribution in [-0.4, -0.2) is 49.6 Å². The van der Waals surface area contributed by atoms with Gasteiger partial charge in [-0.05, 0) is 62.1 Å². The molecule has 154 valence electrons. The first-order valence-electron chi connectivity index (χ1n) is 10.3. The molecule has 1 aromatic carbocycles. The van der Waals surface area contributed by atoms with Crippen molar-refractivity contribution in [1.29, 1.82) is 0 Å². The molecule has 0 saturated carbocycles. The molecule has 2 N–H and O–H groups in total. The van der Waals surface area contributed by atoms with E-state index in [0.717, 1.165) is 49.5 Å². The molecule has 0 radical (unpaired) electrons. The number of carbonyl (C=O) groups is 2. The second-order valence-electron chi connectivity index (χ2n) is 7.92. The summed E-state index contributed by atoms with van der Waals surface area (Å²) in [6, 6.07) is 9.36. The lowest BCUT2D eigenvalue weighted by molar-refractivity contribution is 0.0928. The minimum atomic E-state index is -0.107. The van der Waals surface area contributed by atoms with Gasteiger partial charge >= 0.3 is 6.03 Å². The van der Waals surface area contributed by atoms with Crippen LogP contribution < -0.4 is 15.5 Å². The number of amides is 3. The smallest absolute Gasteiger partial charge is 0.322 e. The van der Waals surface area contributed by atoms with Crippen LogP contribution >= 0.6 is 0 Å². The fourth-order valence-electron chi connectivity index (χ4n) is 4.17. The van der Waals surface area contributed by atoms with Crippen LogP contribution in [0.15, 0.2) is 41.0 Å². The van der Waals surface area contributed by atoms with Crippen molar-refractivity contribution in [1.82, 2.24) is 15.5 Å². The Balaban J connectivity index is 1.34. The Kier molecular flexibility index (Phi) is 5.85. The Morgan fingerprint density at radius 2 is 2.21 bits per heavy atom. The highest BCUT2D eigenvalue weighted by atomic mass is 16.3. The highest BCUT2D eigenvalue weighted by Gasteiger charge is 2.24. The van der Waals surface area contributed by atoms with Gasteiger partial charge in [0.15, 0.2) is 0 Å². The summed E-state index contributed by atoms with van der Waals surface area (Å²) in [5.74, 6) is 1.32. The van der Waals surface area contributed by atoms with Gasteiger partial charge in [0.25, 0.3) is 5.91 Å². The standard InChI is InChI=1S/C22H28N4O3/c1-16-6-7-18(12-20(16)26-10-8-23-22(26)28)21(27)24-13-17-4-2-9-25(14-17)15-19-5-3-11-29-19/h3,5-7,11-12,17H,2,4,8-10,13-15H2,1H3,(H,23,28)(H,24,27). The zero-order valence-electron chi connectivity index (χ0n) is 16.8. The zero-order chi connectivity index (χ0) is 20.2. The molecular weight excluding hydrogens is 368 g/mol. The molecule has 2 fully saturated rings. The van der Waals surface area contributed by atoms with Crippen LogP contribution in [0.5, 0.6) is 0 Å². The summed E-state index contributed by atoms with van der Waals surface area (Å²) < 4.78 is 5.45. The molecule has 2 aliphatic rings. The SMILES string of the molecule is Cc1ccc(C(=O)NCC2CCCN(Cc3ccco3)C2)cc1N1CCNC1=O. The molecule has 2 saturated heterocycles. The molecule has 2 aliphatic heterocycles. The Morgan fingerprint density at radius 1 is 1.31 bits per heavy atom. The first-order chi connectivity index (χ1) is 14.1. The summed E-state index contributed by atoms with van der Waals surface area (Å²) in [4.78, 5) is 28.8. The minimum absolute atomic E-state index is 0.0889. The average Bonchev–Trinajstić information content (AvgIpc) is 3.38. The van der Waals surface area contributed by atoms with Crippen molar-refractivity contribution >= 4 is 17.6 Å². The molecule has 3 amide bonds. The maximum absolute atomic E-state index is 12.7. The summed E-state index contributed by atoms with van der Waals surface area (Å²) in [7, 11) is 0. The van der Waals surface area contributed by atoms with E-state index in [9.17, 15) is 9.59 Å². The second-order valence-corrected chi connectivity index (χ2v) is 7.92. The number of hydrogen-bond acceptors (Lipinski definition) is 4. The van der Waals surface area contributed by atoms with Gasteiger partial charge in [-0.1, -0.05) is 6.07 Å². The number of urea groups is 1. The summed E-state index contributed by atoms with van der Waals surface area (Å²) in [6.07, 6.45) is 3.95. The van der Waals surface area contributed by atoms with E-state index in [2.05, 4.69) is 15.5 Å². The van der Waals surface area contributed by atoms with Crippen LogP contribution in [0.3, 0.4) is 0 Å². The molecular formula is C22H28N4O3. The van der Waals surface area contributed by atoms with Crippen LogP contribution in [0.25, 0.3) is 0 Å². The summed E-state index contributed by atoms with van der Waals surface area (Å²) in [6.45, 7) is 6.69. The Hall–Kier alpha value is -2.80. The number of benzene rings is 1. The number of anilines is 1. The monoisotopic (exact) mass is 396 g/mol. The fourth-order valence-corrected chi connectivity index (χ4v) is 4.17. The molecule has 2 aromatic rings. The predicted molar refractivity (Wildman–Crippen MR) is 111 cm³/mol. The minimum Gasteiger partial charge on any atom is -0.468 e. The number of likely N-dealkylation sites (tertiary alicyclic amines) is 1. The highest BCUT2D eigenvalue weighted by Crippen LogP contribution is 2.24. The van der Waals surface area contributed by atoms with Crippen LogP contribution in [0.2, 0.25) is 0 Å². The molecule has 29 heavy (non-hydrogen) atoms. The maximum atomic E-state index is 12.7. The van der Waals surface area contributed by atoms with Gasteiger partial charge in [-0.25, -0.2) is 4.79 Å². The van der Waals surface area contributed by atoms with Gasteiger partial charge in [-0.15, -0.1) is 0 Å². The second kappa shape index (κ2) is 8.69. The third kappa shape index (κ3) is 4.62. The van der Waals surface area contributed by atoms with E-state index in [1.165, 1.54) is 0 Å². The number of rotatable bonds is 6. The molecule has 0 aliphatic carbocycles. The summed E-state index contributed by atoms with van der Waals surface area (Å²) >= 11 is 0. The van der Waals surface area contributed by atoms with Crippen molar-refractivity contribution in [2.45, 2.75) is 26.3 Å². The van der Waals surface area contributed by atoms with Crippen molar-refractivity contribution in [3.8, 4) is 0 Å². The predicted octanol–water partition coefficient (Wildman–Crippen LogP) is 2.76. The van der Waals surface area contributed by atoms with Crippen molar-refractivity contribution in [3.05, 3.63) is 53.5 Å². The van der Waals surface area contributed by atoms with Gasteiger partial charge < -0.3 is 15.1 Å². The number of nitrogens with zero attached hydrogens (tertiary/aromatic N) is 2. The van der Waals surface area contributed by atoms with Crippen LogP contribution in [0.1, 0.15) is 34.5 Å². The first kappa shape index (κ1) is 19.5. The fraction of sp³-hybridized carbons (Fsp3) is 0.455.